The summed E-state index contributed by atoms with van der Waals surface area (Å²) in [4.78, 5) is 27.0. The number of nitrogens with zero attached hydrogens (tertiary/aromatic N) is 1. The summed E-state index contributed by atoms with van der Waals surface area (Å²) in [5.74, 6) is 0.903. The smallest absolute Gasteiger partial charge is 0.253 e. The molecule has 2 amide bonds. The van der Waals surface area contributed by atoms with Crippen molar-refractivity contribution in [2.24, 2.45) is 0 Å². The minimum absolute atomic E-state index is 0.0395. The SMILES string of the molecule is CCOc1ccc(C(=O)N2CCC(NC(=O)CCc3ccc(C)cc3C)CC2)cc1. The number of ether oxygens (including phenoxy) is 1. The Bertz CT molecular complexity index is 868. The summed E-state index contributed by atoms with van der Waals surface area (Å²) in [5.41, 5.74) is 4.39. The van der Waals surface area contributed by atoms with Gasteiger partial charge in [0.1, 0.15) is 5.75 Å². The van der Waals surface area contributed by atoms with E-state index in [9.17, 15) is 9.59 Å². The van der Waals surface area contributed by atoms with Crippen LogP contribution in [0.25, 0.3) is 0 Å². The monoisotopic (exact) mass is 408 g/mol. The summed E-state index contributed by atoms with van der Waals surface area (Å²) in [5, 5.41) is 3.15. The molecule has 2 aromatic rings. The van der Waals surface area contributed by atoms with Gasteiger partial charge in [-0.15, -0.1) is 0 Å². The molecule has 0 bridgehead atoms. The van der Waals surface area contributed by atoms with Crippen LogP contribution in [0.3, 0.4) is 0 Å². The molecule has 0 atom stereocenters. The predicted molar refractivity (Wildman–Crippen MR) is 119 cm³/mol. The van der Waals surface area contributed by atoms with Gasteiger partial charge in [0.15, 0.2) is 0 Å². The van der Waals surface area contributed by atoms with Crippen LogP contribution in [0.15, 0.2) is 42.5 Å². The van der Waals surface area contributed by atoms with E-state index in [0.717, 1.165) is 25.0 Å². The number of likely N-dealkylation sites (tertiary alicyclic amines) is 1. The van der Waals surface area contributed by atoms with Gasteiger partial charge in [-0.05, 0) is 75.4 Å². The topological polar surface area (TPSA) is 58.6 Å². The maximum Gasteiger partial charge on any atom is 0.253 e. The molecule has 0 radical (unpaired) electrons. The van der Waals surface area contributed by atoms with E-state index in [1.54, 1.807) is 0 Å². The van der Waals surface area contributed by atoms with Crippen molar-refractivity contribution in [2.75, 3.05) is 19.7 Å². The summed E-state index contributed by atoms with van der Waals surface area (Å²) >= 11 is 0. The number of benzene rings is 2. The second-order valence-corrected chi connectivity index (χ2v) is 8.02. The van der Waals surface area contributed by atoms with Gasteiger partial charge < -0.3 is 15.0 Å². The number of amides is 2. The van der Waals surface area contributed by atoms with E-state index >= 15 is 0 Å². The lowest BCUT2D eigenvalue weighted by atomic mass is 10.0. The molecule has 0 aromatic heterocycles. The first-order valence-electron chi connectivity index (χ1n) is 10.8. The molecule has 1 heterocycles. The molecule has 1 aliphatic rings. The van der Waals surface area contributed by atoms with Crippen LogP contribution < -0.4 is 10.1 Å². The van der Waals surface area contributed by atoms with E-state index in [-0.39, 0.29) is 17.9 Å². The lowest BCUT2D eigenvalue weighted by molar-refractivity contribution is -0.122. The first-order chi connectivity index (χ1) is 14.5. The highest BCUT2D eigenvalue weighted by atomic mass is 16.5. The maximum atomic E-state index is 12.7. The number of rotatable bonds is 7. The fraction of sp³-hybridized carbons (Fsp3) is 0.440. The van der Waals surface area contributed by atoms with Crippen molar-refractivity contribution in [3.05, 3.63) is 64.7 Å². The fourth-order valence-corrected chi connectivity index (χ4v) is 3.94. The van der Waals surface area contributed by atoms with Gasteiger partial charge >= 0.3 is 0 Å². The van der Waals surface area contributed by atoms with Crippen LogP contribution in [0, 0.1) is 13.8 Å². The molecule has 1 saturated heterocycles. The van der Waals surface area contributed by atoms with E-state index < -0.39 is 0 Å². The molecule has 30 heavy (non-hydrogen) atoms. The van der Waals surface area contributed by atoms with Crippen molar-refractivity contribution in [1.82, 2.24) is 10.2 Å². The van der Waals surface area contributed by atoms with Crippen molar-refractivity contribution in [1.29, 1.82) is 0 Å². The Balaban J connectivity index is 1.43. The zero-order chi connectivity index (χ0) is 21.5. The molecule has 1 N–H and O–H groups in total. The quantitative estimate of drug-likeness (QED) is 0.752. The largest absolute Gasteiger partial charge is 0.494 e. The lowest BCUT2D eigenvalue weighted by Gasteiger charge is -2.32. The molecule has 5 heteroatoms. The summed E-state index contributed by atoms with van der Waals surface area (Å²) in [7, 11) is 0. The number of piperidine rings is 1. The average molecular weight is 409 g/mol. The second kappa shape index (κ2) is 10.3. The van der Waals surface area contributed by atoms with Crippen molar-refractivity contribution < 1.29 is 14.3 Å². The standard InChI is InChI=1S/C25H32N2O3/c1-4-30-23-10-7-21(8-11-23)25(29)27-15-13-22(14-16-27)26-24(28)12-9-20-6-5-18(2)17-19(20)3/h5-8,10-11,17,22H,4,9,12-16H2,1-3H3,(H,26,28). The highest BCUT2D eigenvalue weighted by Gasteiger charge is 2.24. The van der Waals surface area contributed by atoms with E-state index in [2.05, 4.69) is 37.4 Å². The van der Waals surface area contributed by atoms with Crippen molar-refractivity contribution in [2.45, 2.75) is 52.5 Å². The van der Waals surface area contributed by atoms with Crippen LogP contribution in [0.5, 0.6) is 5.75 Å². The first-order valence-corrected chi connectivity index (χ1v) is 10.8. The maximum absolute atomic E-state index is 12.7. The minimum atomic E-state index is 0.0395. The number of hydrogen-bond acceptors (Lipinski definition) is 3. The average Bonchev–Trinajstić information content (AvgIpc) is 2.74. The van der Waals surface area contributed by atoms with Crippen LogP contribution in [0.2, 0.25) is 0 Å². The molecule has 3 rings (SSSR count). The molecule has 1 aliphatic heterocycles. The highest BCUT2D eigenvalue weighted by molar-refractivity contribution is 5.94. The molecule has 1 fully saturated rings. The van der Waals surface area contributed by atoms with Gasteiger partial charge in [0, 0.05) is 31.1 Å². The highest BCUT2D eigenvalue weighted by Crippen LogP contribution is 2.18. The van der Waals surface area contributed by atoms with Gasteiger partial charge in [0.25, 0.3) is 5.91 Å². The minimum Gasteiger partial charge on any atom is -0.494 e. The Kier molecular flexibility index (Phi) is 7.50. The van der Waals surface area contributed by atoms with Gasteiger partial charge in [0.05, 0.1) is 6.61 Å². The Hall–Kier alpha value is -2.82. The van der Waals surface area contributed by atoms with Crippen LogP contribution in [-0.2, 0) is 11.2 Å². The van der Waals surface area contributed by atoms with Gasteiger partial charge in [-0.1, -0.05) is 23.8 Å². The normalized spacial score (nSPS) is 14.4. The summed E-state index contributed by atoms with van der Waals surface area (Å²) in [6, 6.07) is 13.8. The Morgan fingerprint density at radius 2 is 1.77 bits per heavy atom. The molecular formula is C25H32N2O3. The van der Waals surface area contributed by atoms with Gasteiger partial charge in [-0.3, -0.25) is 9.59 Å². The van der Waals surface area contributed by atoms with E-state index in [1.165, 1.54) is 16.7 Å². The van der Waals surface area contributed by atoms with Crippen LogP contribution in [0.1, 0.15) is 53.2 Å². The third kappa shape index (κ3) is 5.85. The molecule has 0 aliphatic carbocycles. The first kappa shape index (κ1) is 21.9. The number of nitrogens with one attached hydrogen (secondary N) is 1. The fourth-order valence-electron chi connectivity index (χ4n) is 3.94. The lowest BCUT2D eigenvalue weighted by Crippen LogP contribution is -2.46. The van der Waals surface area contributed by atoms with Crippen molar-refractivity contribution >= 4 is 11.8 Å². The predicted octanol–water partition coefficient (Wildman–Crippen LogP) is 4.06. The zero-order valence-electron chi connectivity index (χ0n) is 18.2. The Labute approximate surface area is 179 Å². The zero-order valence-corrected chi connectivity index (χ0v) is 18.2. The second-order valence-electron chi connectivity index (χ2n) is 8.02. The van der Waals surface area contributed by atoms with Crippen LogP contribution >= 0.6 is 0 Å². The Morgan fingerprint density at radius 1 is 1.07 bits per heavy atom. The number of hydrogen-bond donors (Lipinski definition) is 1. The summed E-state index contributed by atoms with van der Waals surface area (Å²) < 4.78 is 5.43. The van der Waals surface area contributed by atoms with Gasteiger partial charge in [0.2, 0.25) is 5.91 Å². The molecule has 5 nitrogen and oxygen atoms in total. The van der Waals surface area contributed by atoms with Crippen LogP contribution in [-0.4, -0.2) is 42.5 Å². The molecular weight excluding hydrogens is 376 g/mol. The molecule has 0 unspecified atom stereocenters. The summed E-state index contributed by atoms with van der Waals surface area (Å²) in [6.07, 6.45) is 2.83. The van der Waals surface area contributed by atoms with Crippen LogP contribution in [0.4, 0.5) is 0 Å². The number of carbonyl (C=O) groups is 2. The van der Waals surface area contributed by atoms with Crippen molar-refractivity contribution in [3.63, 3.8) is 0 Å². The molecule has 0 saturated carbocycles. The molecule has 0 spiro atoms. The molecule has 2 aromatic carbocycles. The van der Waals surface area contributed by atoms with Gasteiger partial charge in [-0.25, -0.2) is 0 Å². The van der Waals surface area contributed by atoms with E-state index in [0.29, 0.717) is 31.7 Å². The number of aryl methyl sites for hydroxylation is 3. The van der Waals surface area contributed by atoms with E-state index in [1.807, 2.05) is 36.1 Å². The summed E-state index contributed by atoms with van der Waals surface area (Å²) in [6.45, 7) is 8.04. The van der Waals surface area contributed by atoms with Crippen molar-refractivity contribution in [3.8, 4) is 5.75 Å². The molecule has 160 valence electrons. The third-order valence-corrected chi connectivity index (χ3v) is 5.68. The van der Waals surface area contributed by atoms with Gasteiger partial charge in [-0.2, -0.15) is 0 Å². The number of carbonyl (C=O) groups excluding carboxylic acids is 2. The third-order valence-electron chi connectivity index (χ3n) is 5.68. The Morgan fingerprint density at radius 3 is 2.40 bits per heavy atom. The van der Waals surface area contributed by atoms with E-state index in [4.69, 9.17) is 4.74 Å².